The third-order valence-electron chi connectivity index (χ3n) is 2.62. The Kier molecular flexibility index (Phi) is 7.18. The largest absolute Gasteiger partial charge is 0.460 e. The van der Waals surface area contributed by atoms with Gasteiger partial charge in [-0.3, -0.25) is 4.79 Å². The fourth-order valence-electron chi connectivity index (χ4n) is 1.89. The molecule has 0 aromatic rings. The van der Waals surface area contributed by atoms with Gasteiger partial charge < -0.3 is 23.7 Å². The maximum atomic E-state index is 11.8. The van der Waals surface area contributed by atoms with Crippen molar-refractivity contribution in [1.82, 2.24) is 0 Å². The van der Waals surface area contributed by atoms with Gasteiger partial charge in [-0.15, -0.1) is 0 Å². The molecule has 0 bridgehead atoms. The van der Waals surface area contributed by atoms with Gasteiger partial charge in [-0.05, 0) is 26.8 Å². The van der Waals surface area contributed by atoms with Crippen LogP contribution in [0.4, 0.5) is 0 Å². The van der Waals surface area contributed by atoms with Crippen LogP contribution in [0.2, 0.25) is 0 Å². The highest BCUT2D eigenvalue weighted by atomic mass is 16.7. The van der Waals surface area contributed by atoms with E-state index in [1.165, 1.54) is 13.0 Å². The van der Waals surface area contributed by atoms with Gasteiger partial charge in [0.25, 0.3) is 0 Å². The smallest absolute Gasteiger partial charge is 0.373 e. The average Bonchev–Trinajstić information content (AvgIpc) is 2.42. The molecule has 0 spiro atoms. The quantitative estimate of drug-likeness (QED) is 0.653. The van der Waals surface area contributed by atoms with Gasteiger partial charge in [0.1, 0.15) is 6.10 Å². The van der Waals surface area contributed by atoms with Crippen molar-refractivity contribution in [3.63, 3.8) is 0 Å². The topological polar surface area (TPSA) is 80.3 Å². The van der Waals surface area contributed by atoms with Gasteiger partial charge in [0.15, 0.2) is 6.10 Å². The summed E-state index contributed by atoms with van der Waals surface area (Å²) in [6.07, 6.45) is -0.881. The highest BCUT2D eigenvalue weighted by Gasteiger charge is 2.40. The number of ether oxygens (including phenoxy) is 5. The molecule has 0 aliphatic carbocycles. The third-order valence-corrected chi connectivity index (χ3v) is 2.62. The lowest BCUT2D eigenvalue weighted by Crippen LogP contribution is -2.48. The minimum absolute atomic E-state index is 0.00264. The van der Waals surface area contributed by atoms with E-state index in [2.05, 4.69) is 0 Å². The molecule has 7 heteroatoms. The molecule has 0 unspecified atom stereocenters. The Labute approximate surface area is 124 Å². The fourth-order valence-corrected chi connectivity index (χ4v) is 1.89. The molecule has 3 atom stereocenters. The van der Waals surface area contributed by atoms with Crippen LogP contribution in [0.15, 0.2) is 11.8 Å². The van der Waals surface area contributed by atoms with Crippen LogP contribution >= 0.6 is 0 Å². The Bertz CT molecular complexity index is 391. The summed E-state index contributed by atoms with van der Waals surface area (Å²) >= 11 is 0. The molecule has 1 aliphatic rings. The lowest BCUT2D eigenvalue weighted by Gasteiger charge is -2.35. The van der Waals surface area contributed by atoms with Crippen molar-refractivity contribution in [2.75, 3.05) is 19.8 Å². The molecule has 1 heterocycles. The summed E-state index contributed by atoms with van der Waals surface area (Å²) in [7, 11) is 0. The van der Waals surface area contributed by atoms with E-state index in [-0.39, 0.29) is 12.4 Å². The normalized spacial score (nSPS) is 24.8. The van der Waals surface area contributed by atoms with Gasteiger partial charge in [-0.25, -0.2) is 4.79 Å². The molecule has 0 amide bonds. The Morgan fingerprint density at radius 1 is 1.14 bits per heavy atom. The van der Waals surface area contributed by atoms with Crippen LogP contribution in [0.25, 0.3) is 0 Å². The second-order valence-corrected chi connectivity index (χ2v) is 4.19. The maximum Gasteiger partial charge on any atom is 0.373 e. The molecule has 0 aromatic carbocycles. The molecule has 0 saturated heterocycles. The van der Waals surface area contributed by atoms with Crippen LogP contribution in [0.5, 0.6) is 0 Å². The average molecular weight is 302 g/mol. The Morgan fingerprint density at radius 3 is 2.33 bits per heavy atom. The summed E-state index contributed by atoms with van der Waals surface area (Å²) in [5.41, 5.74) is 0. The summed E-state index contributed by atoms with van der Waals surface area (Å²) in [6.45, 7) is 7.50. The zero-order valence-electron chi connectivity index (χ0n) is 12.8. The third kappa shape index (κ3) is 5.02. The maximum absolute atomic E-state index is 11.8. The first-order valence-electron chi connectivity index (χ1n) is 6.99. The van der Waals surface area contributed by atoms with E-state index in [1.54, 1.807) is 20.8 Å². The van der Waals surface area contributed by atoms with E-state index in [1.807, 2.05) is 0 Å². The Morgan fingerprint density at radius 2 is 1.81 bits per heavy atom. The number of hydrogen-bond acceptors (Lipinski definition) is 7. The highest BCUT2D eigenvalue weighted by molar-refractivity contribution is 5.86. The monoisotopic (exact) mass is 302 g/mol. The van der Waals surface area contributed by atoms with Gasteiger partial charge in [0, 0.05) is 20.1 Å². The molecule has 1 aliphatic heterocycles. The van der Waals surface area contributed by atoms with Crippen LogP contribution in [0, 0.1) is 0 Å². The number of carbonyl (C=O) groups excluding carboxylic acids is 2. The molecular formula is C14H22O7. The van der Waals surface area contributed by atoms with Crippen LogP contribution in [-0.2, 0) is 33.3 Å². The van der Waals surface area contributed by atoms with E-state index < -0.39 is 30.4 Å². The lowest BCUT2D eigenvalue weighted by molar-refractivity contribution is -0.224. The van der Waals surface area contributed by atoms with Gasteiger partial charge in [-0.2, -0.15) is 0 Å². The number of carbonyl (C=O) groups is 2. The first-order valence-corrected chi connectivity index (χ1v) is 6.99. The van der Waals surface area contributed by atoms with Gasteiger partial charge in [0.05, 0.1) is 6.61 Å². The molecule has 0 N–H and O–H groups in total. The molecule has 21 heavy (non-hydrogen) atoms. The van der Waals surface area contributed by atoms with Gasteiger partial charge >= 0.3 is 11.9 Å². The summed E-state index contributed by atoms with van der Waals surface area (Å²) in [4.78, 5) is 23.0. The zero-order chi connectivity index (χ0) is 15.8. The highest BCUT2D eigenvalue weighted by Crippen LogP contribution is 2.25. The van der Waals surface area contributed by atoms with Crippen molar-refractivity contribution >= 4 is 11.9 Å². The number of hydrogen-bond donors (Lipinski definition) is 0. The first kappa shape index (κ1) is 17.5. The van der Waals surface area contributed by atoms with Gasteiger partial charge in [0.2, 0.25) is 12.0 Å². The van der Waals surface area contributed by atoms with Crippen molar-refractivity contribution in [3.05, 3.63) is 11.8 Å². The SMILES string of the molecule is CCOC(=O)C1=C[C@@H](OCC)[C@@H](OC(C)=O)[C@@H](OCC)O1. The lowest BCUT2D eigenvalue weighted by atomic mass is 10.1. The predicted octanol–water partition coefficient (Wildman–Crippen LogP) is 1.16. The molecule has 7 nitrogen and oxygen atoms in total. The van der Waals surface area contributed by atoms with Crippen LogP contribution in [0.3, 0.4) is 0 Å². The summed E-state index contributed by atoms with van der Waals surface area (Å²) in [6, 6.07) is 0. The van der Waals surface area contributed by atoms with Crippen LogP contribution < -0.4 is 0 Å². The molecule has 0 fully saturated rings. The van der Waals surface area contributed by atoms with Crippen LogP contribution in [0.1, 0.15) is 27.7 Å². The first-order chi connectivity index (χ1) is 10.0. The molecule has 0 radical (unpaired) electrons. The van der Waals surface area contributed by atoms with Crippen molar-refractivity contribution < 1.29 is 33.3 Å². The van der Waals surface area contributed by atoms with Crippen LogP contribution in [-0.4, -0.2) is 50.3 Å². The van der Waals surface area contributed by atoms with Crippen molar-refractivity contribution in [3.8, 4) is 0 Å². The minimum Gasteiger partial charge on any atom is -0.460 e. The predicted molar refractivity (Wildman–Crippen MR) is 72.2 cm³/mol. The molecule has 120 valence electrons. The molecule has 1 rings (SSSR count). The fraction of sp³-hybridized carbons (Fsp3) is 0.714. The van der Waals surface area contributed by atoms with E-state index in [9.17, 15) is 9.59 Å². The summed E-state index contributed by atoms with van der Waals surface area (Å²) in [5, 5.41) is 0. The van der Waals surface area contributed by atoms with E-state index in [0.717, 1.165) is 0 Å². The van der Waals surface area contributed by atoms with E-state index in [4.69, 9.17) is 23.7 Å². The zero-order valence-corrected chi connectivity index (χ0v) is 12.8. The molecular weight excluding hydrogens is 280 g/mol. The molecule has 0 aromatic heterocycles. The minimum atomic E-state index is -0.917. The summed E-state index contributed by atoms with van der Waals surface area (Å²) < 4.78 is 26.5. The summed E-state index contributed by atoms with van der Waals surface area (Å²) in [5.74, 6) is -1.09. The van der Waals surface area contributed by atoms with Crippen molar-refractivity contribution in [2.24, 2.45) is 0 Å². The Hall–Kier alpha value is -1.60. The Balaban J connectivity index is 2.99. The number of rotatable bonds is 7. The number of esters is 2. The van der Waals surface area contributed by atoms with E-state index in [0.29, 0.717) is 13.2 Å². The second kappa shape index (κ2) is 8.63. The van der Waals surface area contributed by atoms with Gasteiger partial charge in [-0.1, -0.05) is 0 Å². The molecule has 0 saturated carbocycles. The standard InChI is InChI=1S/C14H22O7/c1-5-17-10-8-11(13(16)18-6-2)21-14(19-7-3)12(10)20-9(4)15/h8,10,12,14H,5-7H2,1-4H3/t10-,12-,14+/m1/s1. The second-order valence-electron chi connectivity index (χ2n) is 4.19. The van der Waals surface area contributed by atoms with Crippen molar-refractivity contribution in [1.29, 1.82) is 0 Å². The van der Waals surface area contributed by atoms with Crippen molar-refractivity contribution in [2.45, 2.75) is 46.2 Å². The van der Waals surface area contributed by atoms with E-state index >= 15 is 0 Å².